The predicted octanol–water partition coefficient (Wildman–Crippen LogP) is 3.77. The van der Waals surface area contributed by atoms with Crippen LogP contribution in [-0.4, -0.2) is 11.1 Å². The summed E-state index contributed by atoms with van der Waals surface area (Å²) < 4.78 is 14.2. The lowest BCUT2D eigenvalue weighted by Gasteiger charge is -2.19. The van der Waals surface area contributed by atoms with E-state index < -0.39 is 11.8 Å². The number of fused-ring (bicyclic) bond motifs is 1. The maximum absolute atomic E-state index is 14.2. The van der Waals surface area contributed by atoms with Crippen molar-refractivity contribution in [1.29, 1.82) is 5.26 Å². The molecule has 0 unspecified atom stereocenters. The molecule has 22 heavy (non-hydrogen) atoms. The van der Waals surface area contributed by atoms with Crippen molar-refractivity contribution in [2.24, 2.45) is 0 Å². The Hall–Kier alpha value is -2.93. The minimum Gasteiger partial charge on any atom is -0.478 e. The smallest absolute Gasteiger partial charge is 0.335 e. The molecule has 0 atom stereocenters. The quantitative estimate of drug-likeness (QED) is 0.916. The van der Waals surface area contributed by atoms with Crippen molar-refractivity contribution in [2.45, 2.75) is 12.8 Å². The summed E-state index contributed by atoms with van der Waals surface area (Å²) in [5.74, 6) is -1.43. The van der Waals surface area contributed by atoms with E-state index in [1.165, 1.54) is 18.2 Å². The number of aryl methyl sites for hydroxylation is 1. The maximum atomic E-state index is 14.2. The largest absolute Gasteiger partial charge is 0.478 e. The van der Waals surface area contributed by atoms with Crippen LogP contribution in [0.25, 0.3) is 5.57 Å². The Morgan fingerprint density at radius 1 is 1.18 bits per heavy atom. The van der Waals surface area contributed by atoms with Gasteiger partial charge in [0.2, 0.25) is 0 Å². The zero-order valence-electron chi connectivity index (χ0n) is 11.6. The lowest BCUT2D eigenvalue weighted by molar-refractivity contribution is 0.0697. The number of rotatable bonds is 2. The standard InChI is InChI=1S/C18H12FNO2/c19-17-7-4-11(10-20)8-16(17)14-3-1-2-12-5-6-13(18(21)22)9-15(12)14/h3-9H,1-2H2,(H,21,22). The summed E-state index contributed by atoms with van der Waals surface area (Å²) in [5, 5.41) is 18.1. The normalized spacial score (nSPS) is 13.0. The van der Waals surface area contributed by atoms with Crippen molar-refractivity contribution >= 4 is 11.5 Å². The van der Waals surface area contributed by atoms with E-state index in [4.69, 9.17) is 10.4 Å². The average molecular weight is 293 g/mol. The summed E-state index contributed by atoms with van der Waals surface area (Å²) in [7, 11) is 0. The molecule has 3 rings (SSSR count). The lowest BCUT2D eigenvalue weighted by Crippen LogP contribution is -2.06. The third-order valence-electron chi connectivity index (χ3n) is 3.79. The second kappa shape index (κ2) is 5.45. The highest BCUT2D eigenvalue weighted by Gasteiger charge is 2.19. The lowest BCUT2D eigenvalue weighted by atomic mass is 9.85. The van der Waals surface area contributed by atoms with Gasteiger partial charge in [0.1, 0.15) is 5.82 Å². The summed E-state index contributed by atoms with van der Waals surface area (Å²) >= 11 is 0. The van der Waals surface area contributed by atoms with E-state index in [-0.39, 0.29) is 5.56 Å². The molecule has 1 aliphatic carbocycles. The summed E-state index contributed by atoms with van der Waals surface area (Å²) in [6.45, 7) is 0. The van der Waals surface area contributed by atoms with Gasteiger partial charge in [-0.25, -0.2) is 9.18 Å². The molecule has 4 heteroatoms. The maximum Gasteiger partial charge on any atom is 0.335 e. The zero-order chi connectivity index (χ0) is 15.7. The first kappa shape index (κ1) is 14.0. The summed E-state index contributed by atoms with van der Waals surface area (Å²) in [4.78, 5) is 11.2. The fourth-order valence-electron chi connectivity index (χ4n) is 2.72. The van der Waals surface area contributed by atoms with Gasteiger partial charge in [-0.3, -0.25) is 0 Å². The van der Waals surface area contributed by atoms with Crippen LogP contribution in [-0.2, 0) is 6.42 Å². The molecular weight excluding hydrogens is 281 g/mol. The molecule has 1 aliphatic rings. The molecule has 1 N–H and O–H groups in total. The van der Waals surface area contributed by atoms with Crippen LogP contribution in [0.3, 0.4) is 0 Å². The number of carboxylic acid groups (broad SMARTS) is 1. The van der Waals surface area contributed by atoms with Crippen LogP contribution in [0.2, 0.25) is 0 Å². The number of allylic oxidation sites excluding steroid dienone is 1. The van der Waals surface area contributed by atoms with E-state index in [0.29, 0.717) is 16.7 Å². The van der Waals surface area contributed by atoms with Crippen molar-refractivity contribution < 1.29 is 14.3 Å². The Balaban J connectivity index is 2.19. The molecule has 0 saturated carbocycles. The monoisotopic (exact) mass is 293 g/mol. The van der Waals surface area contributed by atoms with Crippen molar-refractivity contribution in [3.05, 3.63) is 76.1 Å². The third kappa shape index (κ3) is 2.38. The second-order valence-electron chi connectivity index (χ2n) is 5.14. The Morgan fingerprint density at radius 2 is 2.00 bits per heavy atom. The number of carboxylic acids is 1. The molecule has 3 nitrogen and oxygen atoms in total. The molecule has 0 saturated heterocycles. The van der Waals surface area contributed by atoms with Gasteiger partial charge in [0.15, 0.2) is 0 Å². The topological polar surface area (TPSA) is 61.1 Å². The Morgan fingerprint density at radius 3 is 2.73 bits per heavy atom. The molecule has 0 heterocycles. The minimum atomic E-state index is -1.01. The number of carbonyl (C=O) groups is 1. The van der Waals surface area contributed by atoms with E-state index in [2.05, 4.69) is 0 Å². The Kier molecular flexibility index (Phi) is 3.48. The van der Waals surface area contributed by atoms with Crippen LogP contribution in [0, 0.1) is 17.1 Å². The van der Waals surface area contributed by atoms with E-state index >= 15 is 0 Å². The number of nitrogens with zero attached hydrogens (tertiary/aromatic N) is 1. The highest BCUT2D eigenvalue weighted by atomic mass is 19.1. The van der Waals surface area contributed by atoms with Gasteiger partial charge in [0.25, 0.3) is 0 Å². The molecule has 0 aliphatic heterocycles. The van der Waals surface area contributed by atoms with Crippen molar-refractivity contribution in [3.8, 4) is 6.07 Å². The average Bonchev–Trinajstić information content (AvgIpc) is 2.54. The van der Waals surface area contributed by atoms with E-state index in [9.17, 15) is 9.18 Å². The molecule has 0 bridgehead atoms. The number of hydrogen-bond donors (Lipinski definition) is 1. The van der Waals surface area contributed by atoms with Gasteiger partial charge in [-0.1, -0.05) is 12.1 Å². The highest BCUT2D eigenvalue weighted by molar-refractivity contribution is 5.91. The highest BCUT2D eigenvalue weighted by Crippen LogP contribution is 2.34. The summed E-state index contributed by atoms with van der Waals surface area (Å²) in [6.07, 6.45) is 3.44. The SMILES string of the molecule is N#Cc1ccc(F)c(C2=CCCc3ccc(C(=O)O)cc32)c1. The fraction of sp³-hybridized carbons (Fsp3) is 0.111. The molecule has 2 aromatic rings. The van der Waals surface area contributed by atoms with Crippen LogP contribution < -0.4 is 0 Å². The van der Waals surface area contributed by atoms with Gasteiger partial charge >= 0.3 is 5.97 Å². The first-order valence-corrected chi connectivity index (χ1v) is 6.87. The van der Waals surface area contributed by atoms with Gasteiger partial charge in [-0.05, 0) is 59.9 Å². The first-order valence-electron chi connectivity index (χ1n) is 6.87. The molecule has 0 radical (unpaired) electrons. The molecule has 108 valence electrons. The Labute approximate surface area is 126 Å². The van der Waals surface area contributed by atoms with Gasteiger partial charge in [0.05, 0.1) is 17.2 Å². The number of hydrogen-bond acceptors (Lipinski definition) is 2. The molecular formula is C18H12FNO2. The summed E-state index contributed by atoms with van der Waals surface area (Å²) in [6, 6.07) is 11.1. The van der Waals surface area contributed by atoms with E-state index in [0.717, 1.165) is 24.0 Å². The van der Waals surface area contributed by atoms with Crippen LogP contribution >= 0.6 is 0 Å². The van der Waals surface area contributed by atoms with Gasteiger partial charge in [0, 0.05) is 5.56 Å². The number of benzene rings is 2. The molecule has 0 spiro atoms. The predicted molar refractivity (Wildman–Crippen MR) is 79.9 cm³/mol. The third-order valence-corrected chi connectivity index (χ3v) is 3.79. The second-order valence-corrected chi connectivity index (χ2v) is 5.14. The molecule has 0 aromatic heterocycles. The van der Waals surface area contributed by atoms with Gasteiger partial charge < -0.3 is 5.11 Å². The summed E-state index contributed by atoms with van der Waals surface area (Å²) in [5.41, 5.74) is 3.24. The van der Waals surface area contributed by atoms with Crippen molar-refractivity contribution in [1.82, 2.24) is 0 Å². The van der Waals surface area contributed by atoms with Crippen LogP contribution in [0.15, 0.2) is 42.5 Å². The van der Waals surface area contributed by atoms with Crippen LogP contribution in [0.4, 0.5) is 4.39 Å². The van der Waals surface area contributed by atoms with Gasteiger partial charge in [-0.2, -0.15) is 5.26 Å². The number of nitriles is 1. The van der Waals surface area contributed by atoms with Crippen LogP contribution in [0.5, 0.6) is 0 Å². The number of aromatic carboxylic acids is 1. The Bertz CT molecular complexity index is 847. The van der Waals surface area contributed by atoms with Gasteiger partial charge in [-0.15, -0.1) is 0 Å². The van der Waals surface area contributed by atoms with E-state index in [1.807, 2.05) is 12.1 Å². The fourth-order valence-corrected chi connectivity index (χ4v) is 2.72. The molecule has 2 aromatic carbocycles. The van der Waals surface area contributed by atoms with Crippen LogP contribution in [0.1, 0.15) is 39.0 Å². The zero-order valence-corrected chi connectivity index (χ0v) is 11.6. The molecule has 0 amide bonds. The van der Waals surface area contributed by atoms with Crippen molar-refractivity contribution in [3.63, 3.8) is 0 Å². The minimum absolute atomic E-state index is 0.170. The van der Waals surface area contributed by atoms with Crippen molar-refractivity contribution in [2.75, 3.05) is 0 Å². The molecule has 0 fully saturated rings. The number of halogens is 1. The van der Waals surface area contributed by atoms with E-state index in [1.54, 1.807) is 18.2 Å². The first-order chi connectivity index (χ1) is 10.6.